The van der Waals surface area contributed by atoms with E-state index in [1.807, 2.05) is 30.3 Å². The van der Waals surface area contributed by atoms with E-state index in [2.05, 4.69) is 17.5 Å². The van der Waals surface area contributed by atoms with E-state index in [1.165, 1.54) is 5.56 Å². The second-order valence-corrected chi connectivity index (χ2v) is 5.00. The Morgan fingerprint density at radius 1 is 1.24 bits per heavy atom. The maximum Gasteiger partial charge on any atom is 0.322 e. The largest absolute Gasteiger partial charge is 0.334 e. The van der Waals surface area contributed by atoms with Crippen LogP contribution in [0.2, 0.25) is 0 Å². The molecule has 0 aromatic heterocycles. The minimum absolute atomic E-state index is 0.0951. The van der Waals surface area contributed by atoms with Gasteiger partial charge in [-0.25, -0.2) is 4.79 Å². The fourth-order valence-corrected chi connectivity index (χ4v) is 2.57. The summed E-state index contributed by atoms with van der Waals surface area (Å²) in [6.45, 7) is 1.14. The second kappa shape index (κ2) is 5.68. The normalized spacial score (nSPS) is 12.6. The van der Waals surface area contributed by atoms with E-state index in [1.54, 1.807) is 17.0 Å². The summed E-state index contributed by atoms with van der Waals surface area (Å²) < 4.78 is 0. The molecule has 104 valence electrons. The molecule has 0 saturated heterocycles. The number of amides is 2. The SMILES string of the molecule is N#Cc1cccc(CNC(=O)N2CCc3ccccc32)c1. The number of urea groups is 1. The second-order valence-electron chi connectivity index (χ2n) is 5.00. The number of nitriles is 1. The molecule has 1 N–H and O–H groups in total. The lowest BCUT2D eigenvalue weighted by atomic mass is 10.1. The fourth-order valence-electron chi connectivity index (χ4n) is 2.57. The molecule has 0 fully saturated rings. The molecule has 0 radical (unpaired) electrons. The molecule has 1 heterocycles. The molecule has 4 heteroatoms. The third-order valence-corrected chi connectivity index (χ3v) is 3.63. The van der Waals surface area contributed by atoms with Gasteiger partial charge in [0.1, 0.15) is 0 Å². The van der Waals surface area contributed by atoms with Crippen molar-refractivity contribution in [3.05, 3.63) is 65.2 Å². The maximum absolute atomic E-state index is 12.3. The number of nitrogens with one attached hydrogen (secondary N) is 1. The van der Waals surface area contributed by atoms with Crippen molar-refractivity contribution in [2.75, 3.05) is 11.4 Å². The molecule has 2 aromatic carbocycles. The molecule has 0 spiro atoms. The molecule has 1 aliphatic heterocycles. The van der Waals surface area contributed by atoms with Crippen LogP contribution in [0.3, 0.4) is 0 Å². The molecule has 0 atom stereocenters. The number of hydrogen-bond acceptors (Lipinski definition) is 2. The Hall–Kier alpha value is -2.80. The minimum Gasteiger partial charge on any atom is -0.334 e. The van der Waals surface area contributed by atoms with Gasteiger partial charge in [0.2, 0.25) is 0 Å². The Labute approximate surface area is 123 Å². The first kappa shape index (κ1) is 13.2. The van der Waals surface area contributed by atoms with Crippen molar-refractivity contribution in [1.82, 2.24) is 5.32 Å². The summed E-state index contributed by atoms with van der Waals surface area (Å²) in [6.07, 6.45) is 0.896. The van der Waals surface area contributed by atoms with Gasteiger partial charge in [-0.3, -0.25) is 4.90 Å². The molecular weight excluding hydrogens is 262 g/mol. The third kappa shape index (κ3) is 2.72. The smallest absolute Gasteiger partial charge is 0.322 e. The Kier molecular flexibility index (Phi) is 3.57. The van der Waals surface area contributed by atoms with Crippen LogP contribution >= 0.6 is 0 Å². The topological polar surface area (TPSA) is 56.1 Å². The predicted molar refractivity (Wildman–Crippen MR) is 80.9 cm³/mol. The van der Waals surface area contributed by atoms with Crippen molar-refractivity contribution in [3.63, 3.8) is 0 Å². The van der Waals surface area contributed by atoms with E-state index < -0.39 is 0 Å². The summed E-state index contributed by atoms with van der Waals surface area (Å²) in [5.41, 5.74) is 3.73. The molecule has 0 unspecified atom stereocenters. The van der Waals surface area contributed by atoms with Crippen molar-refractivity contribution >= 4 is 11.7 Å². The Morgan fingerprint density at radius 2 is 2.10 bits per heavy atom. The Balaban J connectivity index is 1.67. The van der Waals surface area contributed by atoms with Gasteiger partial charge in [-0.15, -0.1) is 0 Å². The minimum atomic E-state index is -0.0951. The molecule has 0 aliphatic carbocycles. The standard InChI is InChI=1S/C17H15N3O/c18-11-13-4-3-5-14(10-13)12-19-17(21)20-9-8-15-6-1-2-7-16(15)20/h1-7,10H,8-9,12H2,(H,19,21). The van der Waals surface area contributed by atoms with E-state index >= 15 is 0 Å². The van der Waals surface area contributed by atoms with Crippen molar-refractivity contribution in [1.29, 1.82) is 5.26 Å². The van der Waals surface area contributed by atoms with Crippen molar-refractivity contribution in [3.8, 4) is 6.07 Å². The van der Waals surface area contributed by atoms with Crippen LogP contribution in [0.1, 0.15) is 16.7 Å². The highest BCUT2D eigenvalue weighted by molar-refractivity contribution is 5.94. The van der Waals surface area contributed by atoms with Gasteiger partial charge in [0.25, 0.3) is 0 Å². The van der Waals surface area contributed by atoms with Crippen molar-refractivity contribution < 1.29 is 4.79 Å². The fraction of sp³-hybridized carbons (Fsp3) is 0.176. The van der Waals surface area contributed by atoms with Crippen LogP contribution < -0.4 is 10.2 Å². The highest BCUT2D eigenvalue weighted by Crippen LogP contribution is 2.27. The first-order valence-electron chi connectivity index (χ1n) is 6.90. The molecule has 2 amide bonds. The molecule has 4 nitrogen and oxygen atoms in total. The summed E-state index contributed by atoms with van der Waals surface area (Å²) in [5.74, 6) is 0. The van der Waals surface area contributed by atoms with Gasteiger partial charge >= 0.3 is 6.03 Å². The van der Waals surface area contributed by atoms with E-state index in [0.717, 1.165) is 17.7 Å². The summed E-state index contributed by atoms with van der Waals surface area (Å²) in [5, 5.41) is 11.8. The lowest BCUT2D eigenvalue weighted by molar-refractivity contribution is 0.246. The number of anilines is 1. The van der Waals surface area contributed by atoms with E-state index in [0.29, 0.717) is 18.7 Å². The van der Waals surface area contributed by atoms with Crippen LogP contribution in [-0.4, -0.2) is 12.6 Å². The van der Waals surface area contributed by atoms with E-state index in [4.69, 9.17) is 5.26 Å². The van der Waals surface area contributed by atoms with Gasteiger partial charge in [0.15, 0.2) is 0 Å². The monoisotopic (exact) mass is 277 g/mol. The Morgan fingerprint density at radius 3 is 2.95 bits per heavy atom. The first-order chi connectivity index (χ1) is 10.3. The van der Waals surface area contributed by atoms with Crippen molar-refractivity contribution in [2.45, 2.75) is 13.0 Å². The lowest BCUT2D eigenvalue weighted by Crippen LogP contribution is -2.38. The number of fused-ring (bicyclic) bond motifs is 1. The number of para-hydroxylation sites is 1. The van der Waals surface area contributed by atoms with Gasteiger partial charge in [-0.05, 0) is 35.7 Å². The summed E-state index contributed by atoms with van der Waals surface area (Å²) in [6, 6.07) is 17.2. The zero-order valence-corrected chi connectivity index (χ0v) is 11.5. The highest BCUT2D eigenvalue weighted by Gasteiger charge is 2.23. The quantitative estimate of drug-likeness (QED) is 0.917. The molecule has 0 saturated carbocycles. The van der Waals surface area contributed by atoms with Crippen LogP contribution in [0.5, 0.6) is 0 Å². The van der Waals surface area contributed by atoms with Crippen molar-refractivity contribution in [2.24, 2.45) is 0 Å². The molecule has 3 rings (SSSR count). The molecular formula is C17H15N3O. The number of rotatable bonds is 2. The van der Waals surface area contributed by atoms with E-state index in [9.17, 15) is 4.79 Å². The van der Waals surface area contributed by atoms with Gasteiger partial charge in [-0.1, -0.05) is 30.3 Å². The zero-order chi connectivity index (χ0) is 14.7. The van der Waals surface area contributed by atoms with Crippen LogP contribution in [0.15, 0.2) is 48.5 Å². The van der Waals surface area contributed by atoms with Crippen LogP contribution in [0.4, 0.5) is 10.5 Å². The molecule has 0 bridgehead atoms. The molecule has 1 aliphatic rings. The van der Waals surface area contributed by atoms with Crippen LogP contribution in [0.25, 0.3) is 0 Å². The highest BCUT2D eigenvalue weighted by atomic mass is 16.2. The third-order valence-electron chi connectivity index (χ3n) is 3.63. The zero-order valence-electron chi connectivity index (χ0n) is 11.5. The van der Waals surface area contributed by atoms with Crippen LogP contribution in [-0.2, 0) is 13.0 Å². The number of benzene rings is 2. The van der Waals surface area contributed by atoms with Gasteiger partial charge in [0, 0.05) is 18.8 Å². The summed E-state index contributed by atoms with van der Waals surface area (Å²) in [7, 11) is 0. The van der Waals surface area contributed by atoms with Gasteiger partial charge < -0.3 is 5.32 Å². The van der Waals surface area contributed by atoms with Gasteiger partial charge in [0.05, 0.1) is 11.6 Å². The average molecular weight is 277 g/mol. The number of hydrogen-bond donors (Lipinski definition) is 1. The number of nitrogens with zero attached hydrogens (tertiary/aromatic N) is 2. The van der Waals surface area contributed by atoms with Crippen LogP contribution in [0, 0.1) is 11.3 Å². The summed E-state index contributed by atoms with van der Waals surface area (Å²) >= 11 is 0. The average Bonchev–Trinajstić information content (AvgIpc) is 2.97. The number of carbonyl (C=O) groups excluding carboxylic acids is 1. The lowest BCUT2D eigenvalue weighted by Gasteiger charge is -2.18. The number of carbonyl (C=O) groups is 1. The predicted octanol–water partition coefficient (Wildman–Crippen LogP) is 2.83. The summed E-state index contributed by atoms with van der Waals surface area (Å²) in [4.78, 5) is 14.1. The van der Waals surface area contributed by atoms with E-state index in [-0.39, 0.29) is 6.03 Å². The molecule has 2 aromatic rings. The first-order valence-corrected chi connectivity index (χ1v) is 6.90. The Bertz CT molecular complexity index is 718. The molecule has 21 heavy (non-hydrogen) atoms. The maximum atomic E-state index is 12.3. The van der Waals surface area contributed by atoms with Gasteiger partial charge in [-0.2, -0.15) is 5.26 Å².